The van der Waals surface area contributed by atoms with Crippen LogP contribution in [0.3, 0.4) is 0 Å². The minimum absolute atomic E-state index is 0.782. The predicted octanol–water partition coefficient (Wildman–Crippen LogP) is 6.25. The Labute approximate surface area is 129 Å². The van der Waals surface area contributed by atoms with Crippen LogP contribution in [0.5, 0.6) is 0 Å². The standard InChI is InChI=1S/C18H14Cl2/c19-17-5-1-13(2-6-17)9-15-11-16(12-15)10-14-3-7-18(20)8-4-14/h1-10H,11-12H2. The van der Waals surface area contributed by atoms with Crippen molar-refractivity contribution in [3.63, 3.8) is 0 Å². The summed E-state index contributed by atoms with van der Waals surface area (Å²) in [5.74, 6) is 0. The van der Waals surface area contributed by atoms with Gasteiger partial charge in [0.1, 0.15) is 0 Å². The third kappa shape index (κ3) is 3.33. The molecule has 0 atom stereocenters. The molecule has 1 aliphatic rings. The number of hydrogen-bond donors (Lipinski definition) is 0. The highest BCUT2D eigenvalue weighted by Gasteiger charge is 2.15. The molecular weight excluding hydrogens is 287 g/mol. The van der Waals surface area contributed by atoms with Crippen molar-refractivity contribution in [1.29, 1.82) is 0 Å². The van der Waals surface area contributed by atoms with E-state index in [-0.39, 0.29) is 0 Å². The Bertz CT molecular complexity index is 592. The molecule has 3 rings (SSSR count). The molecule has 0 radical (unpaired) electrons. The molecule has 1 aliphatic carbocycles. The van der Waals surface area contributed by atoms with E-state index in [0.717, 1.165) is 22.9 Å². The van der Waals surface area contributed by atoms with E-state index in [2.05, 4.69) is 36.4 Å². The Morgan fingerprint density at radius 3 is 1.30 bits per heavy atom. The van der Waals surface area contributed by atoms with Crippen LogP contribution in [0.4, 0.5) is 0 Å². The summed E-state index contributed by atoms with van der Waals surface area (Å²) in [6, 6.07) is 15.9. The van der Waals surface area contributed by atoms with E-state index in [1.807, 2.05) is 24.3 Å². The number of rotatable bonds is 2. The molecule has 0 saturated heterocycles. The fourth-order valence-electron chi connectivity index (χ4n) is 2.33. The van der Waals surface area contributed by atoms with Gasteiger partial charge in [-0.3, -0.25) is 0 Å². The van der Waals surface area contributed by atoms with E-state index in [0.29, 0.717) is 0 Å². The molecule has 0 aromatic heterocycles. The van der Waals surface area contributed by atoms with Gasteiger partial charge in [-0.2, -0.15) is 0 Å². The molecular formula is C18H14Cl2. The first-order chi connectivity index (χ1) is 9.69. The van der Waals surface area contributed by atoms with Crippen LogP contribution in [0.1, 0.15) is 24.0 Å². The molecule has 0 amide bonds. The van der Waals surface area contributed by atoms with E-state index in [4.69, 9.17) is 23.2 Å². The highest BCUT2D eigenvalue weighted by atomic mass is 35.5. The second-order valence-corrected chi connectivity index (χ2v) is 5.93. The number of halogens is 2. The summed E-state index contributed by atoms with van der Waals surface area (Å²) in [6.07, 6.45) is 6.61. The topological polar surface area (TPSA) is 0 Å². The first kappa shape index (κ1) is 13.5. The van der Waals surface area contributed by atoms with Crippen molar-refractivity contribution >= 4 is 35.4 Å². The number of benzene rings is 2. The van der Waals surface area contributed by atoms with Crippen molar-refractivity contribution in [3.8, 4) is 0 Å². The monoisotopic (exact) mass is 300 g/mol. The average Bonchev–Trinajstić information content (AvgIpc) is 2.41. The van der Waals surface area contributed by atoms with Gasteiger partial charge in [-0.15, -0.1) is 0 Å². The molecule has 0 aliphatic heterocycles. The lowest BCUT2D eigenvalue weighted by atomic mass is 9.84. The highest BCUT2D eigenvalue weighted by Crippen LogP contribution is 2.35. The van der Waals surface area contributed by atoms with Gasteiger partial charge in [-0.05, 0) is 48.2 Å². The Balaban J connectivity index is 1.66. The quantitative estimate of drug-likeness (QED) is 0.614. The number of hydrogen-bond acceptors (Lipinski definition) is 0. The van der Waals surface area contributed by atoms with Crippen LogP contribution in [0, 0.1) is 0 Å². The van der Waals surface area contributed by atoms with Crippen LogP contribution in [0.2, 0.25) is 10.0 Å². The molecule has 2 aromatic carbocycles. The lowest BCUT2D eigenvalue weighted by molar-refractivity contribution is 0.880. The van der Waals surface area contributed by atoms with Crippen LogP contribution >= 0.6 is 23.2 Å². The Kier molecular flexibility index (Phi) is 3.95. The SMILES string of the molecule is Clc1ccc(C=C2CC(=Cc3ccc(Cl)cc3)C2)cc1. The molecule has 2 heteroatoms. The number of allylic oxidation sites excluding steroid dienone is 2. The van der Waals surface area contributed by atoms with Crippen LogP contribution in [0.15, 0.2) is 59.7 Å². The molecule has 1 saturated carbocycles. The summed E-state index contributed by atoms with van der Waals surface area (Å²) in [7, 11) is 0. The maximum absolute atomic E-state index is 5.88. The van der Waals surface area contributed by atoms with Crippen molar-refractivity contribution in [1.82, 2.24) is 0 Å². The second-order valence-electron chi connectivity index (χ2n) is 5.06. The second kappa shape index (κ2) is 5.87. The molecule has 0 heterocycles. The smallest absolute Gasteiger partial charge is 0.0406 e. The van der Waals surface area contributed by atoms with E-state index in [1.165, 1.54) is 22.3 Å². The summed E-state index contributed by atoms with van der Waals surface area (Å²) in [5.41, 5.74) is 5.37. The van der Waals surface area contributed by atoms with Crippen molar-refractivity contribution in [2.45, 2.75) is 12.8 Å². The summed E-state index contributed by atoms with van der Waals surface area (Å²) in [4.78, 5) is 0. The van der Waals surface area contributed by atoms with Crippen LogP contribution in [0.25, 0.3) is 12.2 Å². The Morgan fingerprint density at radius 2 is 0.950 bits per heavy atom. The molecule has 0 spiro atoms. The van der Waals surface area contributed by atoms with Gasteiger partial charge in [-0.25, -0.2) is 0 Å². The molecule has 0 unspecified atom stereocenters. The predicted molar refractivity (Wildman–Crippen MR) is 88.1 cm³/mol. The van der Waals surface area contributed by atoms with E-state index < -0.39 is 0 Å². The third-order valence-electron chi connectivity index (χ3n) is 3.39. The molecule has 0 bridgehead atoms. The first-order valence-electron chi connectivity index (χ1n) is 6.59. The van der Waals surface area contributed by atoms with Gasteiger partial charge < -0.3 is 0 Å². The molecule has 0 nitrogen and oxygen atoms in total. The lowest BCUT2D eigenvalue weighted by Gasteiger charge is -2.22. The zero-order valence-corrected chi connectivity index (χ0v) is 12.5. The maximum atomic E-state index is 5.88. The molecule has 2 aromatic rings. The largest absolute Gasteiger partial charge is 0.0843 e. The molecule has 100 valence electrons. The molecule has 1 fully saturated rings. The van der Waals surface area contributed by atoms with E-state index in [1.54, 1.807) is 0 Å². The fraction of sp³-hybridized carbons (Fsp3) is 0.111. The van der Waals surface area contributed by atoms with Gasteiger partial charge in [0.05, 0.1) is 0 Å². The summed E-state index contributed by atoms with van der Waals surface area (Å²) < 4.78 is 0. The normalized spacial score (nSPS) is 13.9. The summed E-state index contributed by atoms with van der Waals surface area (Å²) >= 11 is 11.8. The minimum Gasteiger partial charge on any atom is -0.0843 e. The zero-order valence-electron chi connectivity index (χ0n) is 10.9. The van der Waals surface area contributed by atoms with E-state index in [9.17, 15) is 0 Å². The van der Waals surface area contributed by atoms with Gasteiger partial charge in [0.25, 0.3) is 0 Å². The van der Waals surface area contributed by atoms with Gasteiger partial charge in [0.2, 0.25) is 0 Å². The van der Waals surface area contributed by atoms with Crippen molar-refractivity contribution in [2.75, 3.05) is 0 Å². The fourth-order valence-corrected chi connectivity index (χ4v) is 2.58. The van der Waals surface area contributed by atoms with Crippen molar-refractivity contribution < 1.29 is 0 Å². The van der Waals surface area contributed by atoms with Crippen LogP contribution in [-0.2, 0) is 0 Å². The molecule has 0 N–H and O–H groups in total. The van der Waals surface area contributed by atoms with Crippen LogP contribution < -0.4 is 0 Å². The van der Waals surface area contributed by atoms with Gasteiger partial charge >= 0.3 is 0 Å². The first-order valence-corrected chi connectivity index (χ1v) is 7.35. The van der Waals surface area contributed by atoms with Gasteiger partial charge in [-0.1, -0.05) is 70.8 Å². The molecule has 20 heavy (non-hydrogen) atoms. The highest BCUT2D eigenvalue weighted by molar-refractivity contribution is 6.30. The lowest BCUT2D eigenvalue weighted by Crippen LogP contribution is -2.02. The van der Waals surface area contributed by atoms with Gasteiger partial charge in [0, 0.05) is 10.0 Å². The average molecular weight is 301 g/mol. The van der Waals surface area contributed by atoms with Crippen molar-refractivity contribution in [3.05, 3.63) is 80.8 Å². The minimum atomic E-state index is 0.782. The zero-order chi connectivity index (χ0) is 13.9. The summed E-state index contributed by atoms with van der Waals surface area (Å²) in [5, 5.41) is 1.56. The van der Waals surface area contributed by atoms with Crippen molar-refractivity contribution in [2.24, 2.45) is 0 Å². The van der Waals surface area contributed by atoms with Crippen LogP contribution in [-0.4, -0.2) is 0 Å². The van der Waals surface area contributed by atoms with Gasteiger partial charge in [0.15, 0.2) is 0 Å². The third-order valence-corrected chi connectivity index (χ3v) is 3.89. The summed E-state index contributed by atoms with van der Waals surface area (Å²) in [6.45, 7) is 0. The Hall–Kier alpha value is -1.50. The maximum Gasteiger partial charge on any atom is 0.0406 e. The Morgan fingerprint density at radius 1 is 0.600 bits per heavy atom. The van der Waals surface area contributed by atoms with E-state index >= 15 is 0 Å².